The van der Waals surface area contributed by atoms with Crippen molar-refractivity contribution in [2.75, 3.05) is 0 Å². The first kappa shape index (κ1) is 51.9. The van der Waals surface area contributed by atoms with Gasteiger partial charge in [-0.15, -0.1) is 0 Å². The Bertz CT molecular complexity index is 4250. The van der Waals surface area contributed by atoms with Crippen LogP contribution in [0.25, 0.3) is 89.1 Å². The van der Waals surface area contributed by atoms with Crippen molar-refractivity contribution in [2.24, 2.45) is 0 Å². The highest BCUT2D eigenvalue weighted by Gasteiger charge is 2.37. The molecule has 2 aliphatic carbocycles. The van der Waals surface area contributed by atoms with Gasteiger partial charge in [0.1, 0.15) is 11.5 Å². The molecule has 0 heterocycles. The normalized spacial score (nSPS) is 13.3. The minimum absolute atomic E-state index is 0.0287. The predicted octanol–water partition coefficient (Wildman–Crippen LogP) is 20.4. The van der Waals surface area contributed by atoms with Crippen molar-refractivity contribution in [3.05, 3.63) is 372 Å². The van der Waals surface area contributed by atoms with Crippen LogP contribution in [0.2, 0.25) is 0 Å². The molecule has 0 amide bonds. The maximum Gasteiger partial charge on any atom is 0.195 e. The molecule has 3 nitrogen and oxygen atoms in total. The fourth-order valence-corrected chi connectivity index (χ4v) is 12.0. The molecule has 0 aromatic heterocycles. The van der Waals surface area contributed by atoms with E-state index in [1.165, 1.54) is 0 Å². The number of carbonyl (C=O) groups is 2. The van der Waals surface area contributed by atoms with Gasteiger partial charge in [-0.1, -0.05) is 303 Å². The van der Waals surface area contributed by atoms with Gasteiger partial charge in [0.2, 0.25) is 0 Å². The van der Waals surface area contributed by atoms with Crippen LogP contribution in [0.5, 0.6) is 11.5 Å². The number of rotatable bonds is 14. The molecule has 12 aromatic carbocycles. The van der Waals surface area contributed by atoms with Crippen molar-refractivity contribution in [2.45, 2.75) is 0 Å². The number of ketones is 2. The summed E-state index contributed by atoms with van der Waals surface area (Å²) in [5.41, 5.74) is 21.9. The standard InChI is InChI=1S/C82H54O3/c83-81-77(67-39-31-59(32-40-67)55-19-7-1-8-20-55)73(63-27-15-5-16-28-63)75(79(81)69-43-35-61(36-44-69)57-23-11-3-12-24-57)65-47-51-71(52-48-65)85-72-53-49-66(50-54-72)76-74(64-29-17-6-18-30-64)78(68-41-33-60(34-42-68)56-21-9-2-10-22-56)82(84)80(76)70-45-37-62(38-46-70)58-25-13-4-14-26-58/h1-54H. The Balaban J connectivity index is 0.842. The summed E-state index contributed by atoms with van der Waals surface area (Å²) in [5, 5.41) is 0. The number of hydrogen-bond donors (Lipinski definition) is 0. The lowest BCUT2D eigenvalue weighted by Crippen LogP contribution is -2.02. The molecule has 0 radical (unpaired) electrons. The van der Waals surface area contributed by atoms with Crippen LogP contribution in [0.15, 0.2) is 328 Å². The van der Waals surface area contributed by atoms with Gasteiger partial charge in [0.15, 0.2) is 11.6 Å². The zero-order chi connectivity index (χ0) is 57.1. The van der Waals surface area contributed by atoms with Crippen molar-refractivity contribution in [3.8, 4) is 56.0 Å². The second-order valence-corrected chi connectivity index (χ2v) is 21.3. The molecule has 12 aromatic rings. The molecule has 3 heteroatoms. The highest BCUT2D eigenvalue weighted by atomic mass is 16.5. The molecule has 0 atom stereocenters. The zero-order valence-electron chi connectivity index (χ0n) is 46.4. The monoisotopic (exact) mass is 1090 g/mol. The first-order chi connectivity index (χ1) is 42.0. The van der Waals surface area contributed by atoms with E-state index in [-0.39, 0.29) is 11.6 Å². The van der Waals surface area contributed by atoms with Gasteiger partial charge in [-0.05, 0) is 113 Å². The fourth-order valence-electron chi connectivity index (χ4n) is 12.0. The second kappa shape index (κ2) is 22.9. The molecule has 0 spiro atoms. The van der Waals surface area contributed by atoms with Gasteiger partial charge >= 0.3 is 0 Å². The van der Waals surface area contributed by atoms with Crippen LogP contribution in [0.4, 0.5) is 0 Å². The molecule has 85 heavy (non-hydrogen) atoms. The number of allylic oxidation sites excluding steroid dienone is 8. The summed E-state index contributed by atoms with van der Waals surface area (Å²) in [6, 6.07) is 111. The molecule has 400 valence electrons. The summed E-state index contributed by atoms with van der Waals surface area (Å²) >= 11 is 0. The van der Waals surface area contributed by atoms with Crippen molar-refractivity contribution >= 4 is 56.2 Å². The minimum Gasteiger partial charge on any atom is -0.457 e. The topological polar surface area (TPSA) is 43.4 Å². The smallest absolute Gasteiger partial charge is 0.195 e. The van der Waals surface area contributed by atoms with E-state index in [1.54, 1.807) is 0 Å². The Morgan fingerprint density at radius 2 is 0.282 bits per heavy atom. The minimum atomic E-state index is -0.0287. The van der Waals surface area contributed by atoms with Crippen LogP contribution >= 0.6 is 0 Å². The average molecular weight is 1090 g/mol. The average Bonchev–Trinajstić information content (AvgIpc) is 1.93. The van der Waals surface area contributed by atoms with Crippen LogP contribution in [0.3, 0.4) is 0 Å². The second-order valence-electron chi connectivity index (χ2n) is 21.3. The van der Waals surface area contributed by atoms with Crippen molar-refractivity contribution in [3.63, 3.8) is 0 Å². The fraction of sp³-hybridized carbons (Fsp3) is 0. The van der Waals surface area contributed by atoms with E-state index in [9.17, 15) is 0 Å². The lowest BCUT2D eigenvalue weighted by atomic mass is 9.89. The third-order valence-electron chi connectivity index (χ3n) is 16.2. The number of Topliss-reactive ketones (excluding diaryl/α,β-unsaturated/α-hetero) is 2. The Morgan fingerprint density at radius 3 is 0.494 bits per heavy atom. The van der Waals surface area contributed by atoms with Crippen LogP contribution in [-0.4, -0.2) is 11.6 Å². The van der Waals surface area contributed by atoms with Gasteiger partial charge in [0, 0.05) is 44.6 Å². The van der Waals surface area contributed by atoms with E-state index in [2.05, 4.69) is 194 Å². The summed E-state index contributed by atoms with van der Waals surface area (Å²) in [6.07, 6.45) is 0. The van der Waals surface area contributed by atoms with Crippen LogP contribution in [0, 0.1) is 0 Å². The van der Waals surface area contributed by atoms with Gasteiger partial charge in [-0.25, -0.2) is 0 Å². The van der Waals surface area contributed by atoms with E-state index in [0.29, 0.717) is 33.8 Å². The molecule has 14 rings (SSSR count). The molecule has 2 aliphatic rings. The summed E-state index contributed by atoms with van der Waals surface area (Å²) < 4.78 is 6.70. The van der Waals surface area contributed by atoms with Crippen LogP contribution < -0.4 is 4.74 Å². The molecule has 0 saturated heterocycles. The van der Waals surface area contributed by atoms with Gasteiger partial charge in [-0.3, -0.25) is 9.59 Å². The first-order valence-electron chi connectivity index (χ1n) is 28.7. The van der Waals surface area contributed by atoms with Crippen molar-refractivity contribution < 1.29 is 14.3 Å². The van der Waals surface area contributed by atoms with Crippen molar-refractivity contribution in [1.82, 2.24) is 0 Å². The predicted molar refractivity (Wildman–Crippen MR) is 351 cm³/mol. The summed E-state index contributed by atoms with van der Waals surface area (Å²) in [5.74, 6) is 1.22. The number of carbonyl (C=O) groups excluding carboxylic acids is 2. The third-order valence-corrected chi connectivity index (χ3v) is 16.2. The highest BCUT2D eigenvalue weighted by molar-refractivity contribution is 6.60. The zero-order valence-corrected chi connectivity index (χ0v) is 46.4. The van der Waals surface area contributed by atoms with Gasteiger partial charge in [-0.2, -0.15) is 0 Å². The number of hydrogen-bond acceptors (Lipinski definition) is 3. The lowest BCUT2D eigenvalue weighted by Gasteiger charge is -2.15. The van der Waals surface area contributed by atoms with Crippen LogP contribution in [0.1, 0.15) is 44.5 Å². The Labute approximate surface area is 495 Å². The van der Waals surface area contributed by atoms with Gasteiger partial charge in [0.25, 0.3) is 0 Å². The van der Waals surface area contributed by atoms with E-state index in [4.69, 9.17) is 4.74 Å². The van der Waals surface area contributed by atoms with Gasteiger partial charge in [0.05, 0.1) is 0 Å². The molecule has 0 bridgehead atoms. The number of ether oxygens (including phenoxy) is 1. The summed E-state index contributed by atoms with van der Waals surface area (Å²) in [7, 11) is 0. The molecule has 0 fully saturated rings. The molecular formula is C82H54O3. The molecule has 0 N–H and O–H groups in total. The van der Waals surface area contributed by atoms with Crippen molar-refractivity contribution in [1.29, 1.82) is 0 Å². The molecule has 0 aliphatic heterocycles. The van der Waals surface area contributed by atoms with Gasteiger partial charge < -0.3 is 4.74 Å². The number of benzene rings is 12. The lowest BCUT2D eigenvalue weighted by molar-refractivity contribution is -0.109. The quantitative estimate of drug-likeness (QED) is 0.109. The molecule has 0 unspecified atom stereocenters. The van der Waals surface area contributed by atoms with E-state index in [0.717, 1.165) is 111 Å². The maximum absolute atomic E-state index is 15.5. The van der Waals surface area contributed by atoms with E-state index >= 15 is 9.59 Å². The highest BCUT2D eigenvalue weighted by Crippen LogP contribution is 2.52. The van der Waals surface area contributed by atoms with E-state index in [1.807, 2.05) is 133 Å². The summed E-state index contributed by atoms with van der Waals surface area (Å²) in [6.45, 7) is 0. The van der Waals surface area contributed by atoms with E-state index < -0.39 is 0 Å². The maximum atomic E-state index is 15.5. The third kappa shape index (κ3) is 10.2. The SMILES string of the molecule is O=C1C(c2ccc(-c3ccccc3)cc2)=C(c2ccccc2)C(c2ccc(Oc3ccc(C4=C(c5ccc(-c6ccccc6)cc5)C(=O)C(c5ccc(-c6ccccc6)cc5)=C4c4ccccc4)cc3)cc2)=C1c1ccc(-c2ccccc2)cc1. The molecular weight excluding hydrogens is 1030 g/mol. The largest absolute Gasteiger partial charge is 0.457 e. The Kier molecular flexibility index (Phi) is 14.0. The molecule has 0 saturated carbocycles. The van der Waals surface area contributed by atoms with Crippen LogP contribution in [-0.2, 0) is 9.59 Å². The summed E-state index contributed by atoms with van der Waals surface area (Å²) in [4.78, 5) is 31.0. The Hall–Kier alpha value is -11.3. The first-order valence-corrected chi connectivity index (χ1v) is 28.7. The Morgan fingerprint density at radius 1 is 0.141 bits per heavy atom.